The minimum absolute atomic E-state index is 0.207. The molecule has 0 bridgehead atoms. The van der Waals surface area contributed by atoms with E-state index in [0.717, 1.165) is 57.8 Å². The van der Waals surface area contributed by atoms with Gasteiger partial charge in [-0.3, -0.25) is 4.55 Å². The number of hydrogen-bond acceptors (Lipinski definition) is 3. The Morgan fingerprint density at radius 1 is 0.654 bits per heavy atom. The maximum Gasteiger partial charge on any atom is 0.267 e. The highest BCUT2D eigenvalue weighted by atomic mass is 32.2. The first-order chi connectivity index (χ1) is 12.4. The fourth-order valence-corrected chi connectivity index (χ4v) is 4.40. The van der Waals surface area contributed by atoms with Gasteiger partial charge in [0.15, 0.2) is 0 Å². The van der Waals surface area contributed by atoms with Gasteiger partial charge in [0.05, 0.1) is 11.4 Å². The van der Waals surface area contributed by atoms with Gasteiger partial charge in [-0.05, 0) is 26.2 Å². The molecule has 5 heteroatoms. The molecule has 0 aromatic carbocycles. The highest BCUT2D eigenvalue weighted by molar-refractivity contribution is 7.86. The Morgan fingerprint density at radius 3 is 1.35 bits per heavy atom. The third-order valence-electron chi connectivity index (χ3n) is 5.20. The van der Waals surface area contributed by atoms with Crippen LogP contribution in [0, 0.1) is 0 Å². The van der Waals surface area contributed by atoms with Crippen molar-refractivity contribution in [1.82, 2.24) is 0 Å². The Labute approximate surface area is 162 Å². The van der Waals surface area contributed by atoms with Crippen molar-refractivity contribution < 1.29 is 18.1 Å². The van der Waals surface area contributed by atoms with Crippen LogP contribution in [0.25, 0.3) is 0 Å². The third-order valence-corrected chi connectivity index (χ3v) is 6.51. The van der Waals surface area contributed by atoms with Gasteiger partial charge in [-0.1, -0.05) is 96.8 Å². The van der Waals surface area contributed by atoms with E-state index < -0.39 is 15.4 Å². The molecule has 0 spiro atoms. The molecule has 0 fully saturated rings. The fraction of sp³-hybridized carbons (Fsp3) is 1.00. The summed E-state index contributed by atoms with van der Waals surface area (Å²) in [5.74, 6) is 0. The van der Waals surface area contributed by atoms with E-state index in [2.05, 4.69) is 6.92 Å². The second-order valence-corrected chi connectivity index (χ2v) is 9.64. The summed E-state index contributed by atoms with van der Waals surface area (Å²) in [4.78, 5) is 0. The van der Waals surface area contributed by atoms with Gasteiger partial charge in [0, 0.05) is 0 Å². The molecule has 0 radical (unpaired) electrons. The largest absolute Gasteiger partial charge is 0.393 e. The molecule has 26 heavy (non-hydrogen) atoms. The number of rotatable bonds is 19. The van der Waals surface area contributed by atoms with Gasteiger partial charge in [-0.25, -0.2) is 0 Å². The smallest absolute Gasteiger partial charge is 0.267 e. The topological polar surface area (TPSA) is 74.6 Å². The van der Waals surface area contributed by atoms with Crippen molar-refractivity contribution >= 4 is 10.1 Å². The van der Waals surface area contributed by atoms with E-state index in [1.165, 1.54) is 38.5 Å². The van der Waals surface area contributed by atoms with E-state index in [4.69, 9.17) is 0 Å². The van der Waals surface area contributed by atoms with E-state index in [0.29, 0.717) is 12.8 Å². The Kier molecular flexibility index (Phi) is 16.9. The van der Waals surface area contributed by atoms with Crippen LogP contribution in [0.5, 0.6) is 0 Å². The molecule has 0 rings (SSSR count). The van der Waals surface area contributed by atoms with Crippen LogP contribution < -0.4 is 0 Å². The van der Waals surface area contributed by atoms with Crippen LogP contribution in [-0.4, -0.2) is 29.4 Å². The summed E-state index contributed by atoms with van der Waals surface area (Å²) in [5, 5.41) is 8.63. The minimum atomic E-state index is -3.91. The molecule has 4 nitrogen and oxygen atoms in total. The third kappa shape index (κ3) is 17.3. The first-order valence-corrected chi connectivity index (χ1v) is 12.5. The van der Waals surface area contributed by atoms with Crippen molar-refractivity contribution in [1.29, 1.82) is 0 Å². The Morgan fingerprint density at radius 2 is 1.00 bits per heavy atom. The molecule has 0 aliphatic heterocycles. The molecule has 158 valence electrons. The van der Waals surface area contributed by atoms with E-state index >= 15 is 0 Å². The van der Waals surface area contributed by atoms with Crippen molar-refractivity contribution in [3.05, 3.63) is 0 Å². The Hall–Kier alpha value is -0.130. The minimum Gasteiger partial charge on any atom is -0.393 e. The molecular formula is C21H44O4S. The van der Waals surface area contributed by atoms with Gasteiger partial charge in [0.25, 0.3) is 10.1 Å². The monoisotopic (exact) mass is 392 g/mol. The quantitative estimate of drug-likeness (QED) is 0.200. The van der Waals surface area contributed by atoms with Crippen LogP contribution >= 0.6 is 0 Å². The van der Waals surface area contributed by atoms with E-state index in [-0.39, 0.29) is 6.10 Å². The van der Waals surface area contributed by atoms with Crippen molar-refractivity contribution in [3.63, 3.8) is 0 Å². The van der Waals surface area contributed by atoms with Gasteiger partial charge in [-0.2, -0.15) is 8.42 Å². The first kappa shape index (κ1) is 25.9. The van der Waals surface area contributed by atoms with Crippen molar-refractivity contribution in [2.24, 2.45) is 0 Å². The van der Waals surface area contributed by atoms with Gasteiger partial charge in [-0.15, -0.1) is 0 Å². The van der Waals surface area contributed by atoms with Crippen LogP contribution in [-0.2, 0) is 10.1 Å². The molecule has 0 saturated carbocycles. The maximum absolute atomic E-state index is 11.6. The van der Waals surface area contributed by atoms with Gasteiger partial charge in [0.2, 0.25) is 0 Å². The number of aliphatic hydroxyl groups excluding tert-OH is 1. The molecule has 0 heterocycles. The molecule has 0 aliphatic rings. The van der Waals surface area contributed by atoms with Gasteiger partial charge < -0.3 is 5.11 Å². The molecule has 0 aromatic heterocycles. The highest BCUT2D eigenvalue weighted by Crippen LogP contribution is 2.19. The molecular weight excluding hydrogens is 348 g/mol. The van der Waals surface area contributed by atoms with Crippen molar-refractivity contribution in [3.8, 4) is 0 Å². The molecule has 0 aliphatic carbocycles. The molecule has 0 saturated heterocycles. The summed E-state index contributed by atoms with van der Waals surface area (Å²) in [6.07, 6.45) is 17.7. The van der Waals surface area contributed by atoms with Gasteiger partial charge in [0.1, 0.15) is 0 Å². The van der Waals surface area contributed by atoms with Crippen LogP contribution in [0.3, 0.4) is 0 Å². The molecule has 2 atom stereocenters. The zero-order valence-corrected chi connectivity index (χ0v) is 18.1. The zero-order valence-electron chi connectivity index (χ0n) is 17.3. The van der Waals surface area contributed by atoms with Crippen LogP contribution in [0.1, 0.15) is 123 Å². The van der Waals surface area contributed by atoms with Crippen LogP contribution in [0.2, 0.25) is 0 Å². The van der Waals surface area contributed by atoms with E-state index in [9.17, 15) is 18.1 Å². The predicted octanol–water partition coefficient (Wildman–Crippen LogP) is 6.28. The molecule has 0 aromatic rings. The van der Waals surface area contributed by atoms with Crippen LogP contribution in [0.4, 0.5) is 0 Å². The fourth-order valence-electron chi connectivity index (χ4n) is 3.47. The van der Waals surface area contributed by atoms with Gasteiger partial charge >= 0.3 is 0 Å². The maximum atomic E-state index is 11.6. The van der Waals surface area contributed by atoms with E-state index in [1.54, 1.807) is 0 Å². The second kappa shape index (κ2) is 17.0. The van der Waals surface area contributed by atoms with E-state index in [1.807, 2.05) is 6.92 Å². The number of unbranched alkanes of at least 4 members (excludes halogenated alkanes) is 12. The SMILES string of the molecule is CCCCCCCCCCC(CCCCCCCCC(C)O)S(=O)(=O)O. The second-order valence-electron chi connectivity index (χ2n) is 7.95. The lowest BCUT2D eigenvalue weighted by atomic mass is 10.0. The lowest BCUT2D eigenvalue weighted by Gasteiger charge is -2.13. The number of aliphatic hydroxyl groups is 1. The summed E-state index contributed by atoms with van der Waals surface area (Å²) in [6, 6.07) is 0. The van der Waals surface area contributed by atoms with Crippen LogP contribution in [0.15, 0.2) is 0 Å². The molecule has 0 amide bonds. The zero-order chi connectivity index (χ0) is 19.7. The first-order valence-electron chi connectivity index (χ1n) is 11.0. The summed E-state index contributed by atoms with van der Waals surface area (Å²) < 4.78 is 32.6. The normalized spacial score (nSPS) is 14.5. The summed E-state index contributed by atoms with van der Waals surface area (Å²) in [6.45, 7) is 4.04. The summed E-state index contributed by atoms with van der Waals surface area (Å²) in [7, 11) is -3.91. The summed E-state index contributed by atoms with van der Waals surface area (Å²) in [5.41, 5.74) is 0. The Bertz CT molecular complexity index is 393. The standard InChI is InChI=1S/C21H44O4S/c1-3-4-5-6-7-8-12-15-18-21(26(23,24)25)19-16-13-10-9-11-14-17-20(2)22/h20-22H,3-19H2,1-2H3,(H,23,24,25). The molecule has 2 unspecified atom stereocenters. The van der Waals surface area contributed by atoms with Crippen molar-refractivity contribution in [2.75, 3.05) is 0 Å². The lowest BCUT2D eigenvalue weighted by Crippen LogP contribution is -2.20. The molecule has 2 N–H and O–H groups in total. The predicted molar refractivity (Wildman–Crippen MR) is 111 cm³/mol. The lowest BCUT2D eigenvalue weighted by molar-refractivity contribution is 0.180. The average molecular weight is 393 g/mol. The van der Waals surface area contributed by atoms with Crippen molar-refractivity contribution in [2.45, 2.75) is 134 Å². The Balaban J connectivity index is 3.71. The summed E-state index contributed by atoms with van der Waals surface area (Å²) >= 11 is 0. The number of hydrogen-bond donors (Lipinski definition) is 2. The average Bonchev–Trinajstić information content (AvgIpc) is 2.56. The highest BCUT2D eigenvalue weighted by Gasteiger charge is 2.21.